The highest BCUT2D eigenvalue weighted by molar-refractivity contribution is 5.87. The lowest BCUT2D eigenvalue weighted by Crippen LogP contribution is -2.45. The van der Waals surface area contributed by atoms with Crippen LogP contribution < -0.4 is 0 Å². The number of carboxylic acid groups (broad SMARTS) is 1. The summed E-state index contributed by atoms with van der Waals surface area (Å²) in [4.78, 5) is 13.6. The summed E-state index contributed by atoms with van der Waals surface area (Å²) >= 11 is 0. The molecule has 3 aromatic rings. The van der Waals surface area contributed by atoms with Crippen molar-refractivity contribution in [1.82, 2.24) is 4.90 Å². The lowest BCUT2D eigenvalue weighted by molar-refractivity contribution is -0.0506. The molecule has 0 amide bonds. The van der Waals surface area contributed by atoms with Crippen LogP contribution in [0.1, 0.15) is 39.9 Å². The number of piperidine rings is 1. The first kappa shape index (κ1) is 25.0. The lowest BCUT2D eigenvalue weighted by Gasteiger charge is -2.44. The summed E-state index contributed by atoms with van der Waals surface area (Å²) in [5.74, 6) is -0.486. The van der Waals surface area contributed by atoms with Gasteiger partial charge in [0.1, 0.15) is 5.60 Å². The molecule has 1 aliphatic heterocycles. The largest absolute Gasteiger partial charge is 0.478 e. The third kappa shape index (κ3) is 5.47. The van der Waals surface area contributed by atoms with E-state index in [2.05, 4.69) is 65.6 Å². The van der Waals surface area contributed by atoms with Crippen LogP contribution in [-0.2, 0) is 16.8 Å². The monoisotopic (exact) mass is 465 g/mol. The molecule has 0 unspecified atom stereocenters. The Morgan fingerprint density at radius 1 is 0.909 bits per heavy atom. The maximum atomic E-state index is 11.0. The number of hydrogen-bond acceptors (Lipinski definition) is 3. The van der Waals surface area contributed by atoms with Crippen LogP contribution in [0.4, 0.5) is 0 Å². The summed E-state index contributed by atoms with van der Waals surface area (Å²) in [5.41, 5.74) is 3.50. The van der Waals surface area contributed by atoms with E-state index in [1.807, 2.05) is 19.2 Å². The molecule has 0 atom stereocenters. The number of methoxy groups -OCH3 is 1. The minimum Gasteiger partial charge on any atom is -0.478 e. The van der Waals surface area contributed by atoms with E-state index in [0.717, 1.165) is 38.9 Å². The van der Waals surface area contributed by atoms with Gasteiger partial charge in [0.25, 0.3) is 0 Å². The molecule has 1 N–H and O–H groups in total. The first-order chi connectivity index (χ1) is 15.6. The number of aromatic carboxylic acids is 1. The Morgan fingerprint density at radius 3 is 1.88 bits per heavy atom. The Morgan fingerprint density at radius 2 is 1.42 bits per heavy atom. The lowest BCUT2D eigenvalue weighted by atomic mass is 9.71. The van der Waals surface area contributed by atoms with Crippen LogP contribution in [0.3, 0.4) is 0 Å². The second kappa shape index (κ2) is 11.5. The van der Waals surface area contributed by atoms with Gasteiger partial charge in [-0.15, -0.1) is 12.4 Å². The Labute approximate surface area is 202 Å². The number of benzene rings is 3. The van der Waals surface area contributed by atoms with E-state index in [-0.39, 0.29) is 12.4 Å². The maximum Gasteiger partial charge on any atom is 0.335 e. The van der Waals surface area contributed by atoms with Crippen molar-refractivity contribution in [3.05, 3.63) is 107 Å². The first-order valence-electron chi connectivity index (χ1n) is 11.3. The average molecular weight is 466 g/mol. The van der Waals surface area contributed by atoms with Crippen molar-refractivity contribution in [2.75, 3.05) is 26.7 Å². The molecule has 0 bridgehead atoms. The second-order valence-corrected chi connectivity index (χ2v) is 8.54. The van der Waals surface area contributed by atoms with Gasteiger partial charge in [-0.05, 0) is 67.1 Å². The fourth-order valence-corrected chi connectivity index (χ4v) is 5.08. The molecule has 0 aromatic heterocycles. The molecule has 0 saturated carbocycles. The van der Waals surface area contributed by atoms with Crippen molar-refractivity contribution in [3.8, 4) is 0 Å². The quantitative estimate of drug-likeness (QED) is 0.467. The molecular weight excluding hydrogens is 434 g/mol. The molecule has 1 fully saturated rings. The molecule has 0 aliphatic carbocycles. The Kier molecular flexibility index (Phi) is 8.67. The van der Waals surface area contributed by atoms with Crippen LogP contribution in [0.5, 0.6) is 0 Å². The zero-order chi connectivity index (χ0) is 22.4. The number of carboxylic acids is 1. The summed E-state index contributed by atoms with van der Waals surface area (Å²) < 4.78 is 6.38. The molecule has 4 rings (SSSR count). The van der Waals surface area contributed by atoms with Gasteiger partial charge in [0.05, 0.1) is 5.56 Å². The number of ether oxygens (including phenoxy) is 1. The van der Waals surface area contributed by atoms with Crippen molar-refractivity contribution in [2.24, 2.45) is 5.92 Å². The Bertz CT molecular complexity index is 961. The predicted octanol–water partition coefficient (Wildman–Crippen LogP) is 5.65. The van der Waals surface area contributed by atoms with E-state index in [1.54, 1.807) is 12.1 Å². The molecule has 3 aromatic carbocycles. The van der Waals surface area contributed by atoms with E-state index < -0.39 is 11.6 Å². The zero-order valence-electron chi connectivity index (χ0n) is 19.0. The number of rotatable bonds is 8. The number of halogens is 1. The summed E-state index contributed by atoms with van der Waals surface area (Å²) in [6.45, 7) is 3.04. The molecule has 5 heteroatoms. The third-order valence-electron chi connectivity index (χ3n) is 6.81. The van der Waals surface area contributed by atoms with Gasteiger partial charge < -0.3 is 14.7 Å². The molecule has 174 valence electrons. The summed E-state index contributed by atoms with van der Waals surface area (Å²) in [5, 5.41) is 9.07. The van der Waals surface area contributed by atoms with Gasteiger partial charge in [0.15, 0.2) is 0 Å². The molecule has 1 saturated heterocycles. The number of likely N-dealkylation sites (tertiary alicyclic amines) is 1. The molecule has 1 aliphatic rings. The van der Waals surface area contributed by atoms with Gasteiger partial charge in [0, 0.05) is 13.7 Å². The van der Waals surface area contributed by atoms with E-state index in [4.69, 9.17) is 9.84 Å². The van der Waals surface area contributed by atoms with Crippen LogP contribution >= 0.6 is 12.4 Å². The van der Waals surface area contributed by atoms with E-state index >= 15 is 0 Å². The normalized spacial score (nSPS) is 15.1. The van der Waals surface area contributed by atoms with Gasteiger partial charge in [0.2, 0.25) is 0 Å². The Hall–Kier alpha value is -2.66. The van der Waals surface area contributed by atoms with Crippen molar-refractivity contribution in [1.29, 1.82) is 0 Å². The summed E-state index contributed by atoms with van der Waals surface area (Å²) in [6, 6.07) is 28.5. The standard InChI is InChI=1S/C28H31NO3.ClH/c1-32-28(24-8-4-2-5-9-24,25-10-6-3-7-11-25)26-17-20-29(21-18-26)19-16-22-12-14-23(15-13-22)27(30)31;/h2-15,26H,16-21H2,1H3,(H,30,31);1H. The molecule has 4 nitrogen and oxygen atoms in total. The summed E-state index contributed by atoms with van der Waals surface area (Å²) in [7, 11) is 1.84. The van der Waals surface area contributed by atoms with Crippen LogP contribution in [0.15, 0.2) is 84.9 Å². The van der Waals surface area contributed by atoms with Crippen molar-refractivity contribution in [2.45, 2.75) is 24.9 Å². The van der Waals surface area contributed by atoms with Crippen molar-refractivity contribution < 1.29 is 14.6 Å². The summed E-state index contributed by atoms with van der Waals surface area (Å²) in [6.07, 6.45) is 3.06. The topological polar surface area (TPSA) is 49.8 Å². The second-order valence-electron chi connectivity index (χ2n) is 8.54. The molecule has 33 heavy (non-hydrogen) atoms. The third-order valence-corrected chi connectivity index (χ3v) is 6.81. The van der Waals surface area contributed by atoms with Gasteiger partial charge in [-0.1, -0.05) is 72.8 Å². The highest BCUT2D eigenvalue weighted by Gasteiger charge is 2.43. The molecule has 1 heterocycles. The Balaban J connectivity index is 0.00000306. The predicted molar refractivity (Wildman–Crippen MR) is 134 cm³/mol. The minimum atomic E-state index is -0.878. The highest BCUT2D eigenvalue weighted by Crippen LogP contribution is 2.44. The van der Waals surface area contributed by atoms with Crippen LogP contribution in [-0.4, -0.2) is 42.7 Å². The van der Waals surface area contributed by atoms with Gasteiger partial charge in [-0.2, -0.15) is 0 Å². The molecule has 0 spiro atoms. The van der Waals surface area contributed by atoms with Crippen molar-refractivity contribution >= 4 is 18.4 Å². The van der Waals surface area contributed by atoms with E-state index in [9.17, 15) is 4.79 Å². The molecular formula is C28H32ClNO3. The average Bonchev–Trinajstić information content (AvgIpc) is 2.86. The van der Waals surface area contributed by atoms with E-state index in [0.29, 0.717) is 11.5 Å². The van der Waals surface area contributed by atoms with E-state index in [1.165, 1.54) is 16.7 Å². The fraction of sp³-hybridized carbons (Fsp3) is 0.321. The number of nitrogens with zero attached hydrogens (tertiary/aromatic N) is 1. The first-order valence-corrected chi connectivity index (χ1v) is 11.3. The molecule has 0 radical (unpaired) electrons. The number of carbonyl (C=O) groups is 1. The van der Waals surface area contributed by atoms with Crippen LogP contribution in [0, 0.1) is 5.92 Å². The fourth-order valence-electron chi connectivity index (χ4n) is 5.08. The minimum absolute atomic E-state index is 0. The highest BCUT2D eigenvalue weighted by atomic mass is 35.5. The zero-order valence-corrected chi connectivity index (χ0v) is 19.8. The van der Waals surface area contributed by atoms with Gasteiger partial charge in [-0.25, -0.2) is 4.79 Å². The van der Waals surface area contributed by atoms with Gasteiger partial charge in [-0.3, -0.25) is 0 Å². The smallest absolute Gasteiger partial charge is 0.335 e. The SMILES string of the molecule is COC(c1ccccc1)(c1ccccc1)C1CCN(CCc2ccc(C(=O)O)cc2)CC1.Cl. The van der Waals surface area contributed by atoms with Crippen molar-refractivity contribution in [3.63, 3.8) is 0 Å². The van der Waals surface area contributed by atoms with Crippen LogP contribution in [0.25, 0.3) is 0 Å². The number of hydrogen-bond donors (Lipinski definition) is 1. The maximum absolute atomic E-state index is 11.0. The van der Waals surface area contributed by atoms with Gasteiger partial charge >= 0.3 is 5.97 Å². The van der Waals surface area contributed by atoms with Crippen LogP contribution in [0.2, 0.25) is 0 Å².